The van der Waals surface area contributed by atoms with Gasteiger partial charge in [0.1, 0.15) is 11.3 Å². The summed E-state index contributed by atoms with van der Waals surface area (Å²) in [7, 11) is 0. The maximum atomic E-state index is 12.8. The number of carbonyl (C=O) groups excluding carboxylic acids is 1. The molecule has 0 saturated carbocycles. The van der Waals surface area contributed by atoms with E-state index in [4.69, 9.17) is 4.42 Å². The zero-order chi connectivity index (χ0) is 15.5. The van der Waals surface area contributed by atoms with Crippen molar-refractivity contribution in [1.82, 2.24) is 10.3 Å². The lowest BCUT2D eigenvalue weighted by Gasteiger charge is -2.05. The molecule has 4 nitrogen and oxygen atoms in total. The second-order valence-corrected chi connectivity index (χ2v) is 5.05. The van der Waals surface area contributed by atoms with Crippen LogP contribution in [0.5, 0.6) is 0 Å². The fourth-order valence-corrected chi connectivity index (χ4v) is 2.26. The van der Waals surface area contributed by atoms with Crippen LogP contribution in [0.25, 0.3) is 11.1 Å². The predicted molar refractivity (Wildman–Crippen MR) is 81.2 cm³/mol. The molecule has 0 bridgehead atoms. The Labute approximate surface area is 127 Å². The molecule has 0 unspecified atom stereocenters. The number of amides is 1. The molecule has 1 heterocycles. The van der Waals surface area contributed by atoms with Gasteiger partial charge >= 0.3 is 0 Å². The smallest absolute Gasteiger partial charge is 0.251 e. The van der Waals surface area contributed by atoms with Crippen molar-refractivity contribution in [3.05, 3.63) is 65.3 Å². The number of rotatable bonds is 4. The molecule has 3 rings (SSSR count). The minimum Gasteiger partial charge on any atom is -0.441 e. The van der Waals surface area contributed by atoms with Gasteiger partial charge in [-0.05, 0) is 42.3 Å². The Morgan fingerprint density at radius 2 is 2.00 bits per heavy atom. The molecule has 0 fully saturated rings. The summed E-state index contributed by atoms with van der Waals surface area (Å²) in [5.41, 5.74) is 2.85. The van der Waals surface area contributed by atoms with E-state index in [2.05, 4.69) is 10.3 Å². The average Bonchev–Trinajstić information content (AvgIpc) is 2.88. The summed E-state index contributed by atoms with van der Waals surface area (Å²) in [6, 6.07) is 11.4. The molecule has 0 aliphatic rings. The summed E-state index contributed by atoms with van der Waals surface area (Å²) < 4.78 is 18.2. The first kappa shape index (κ1) is 14.3. The number of nitrogens with zero attached hydrogens (tertiary/aromatic N) is 1. The Morgan fingerprint density at radius 3 is 2.77 bits per heavy atom. The summed E-state index contributed by atoms with van der Waals surface area (Å²) in [5.74, 6) is 0.150. The number of nitrogens with one attached hydrogen (secondary N) is 1. The van der Waals surface area contributed by atoms with Gasteiger partial charge in [0.2, 0.25) is 0 Å². The molecular weight excluding hydrogens is 283 g/mol. The monoisotopic (exact) mass is 298 g/mol. The summed E-state index contributed by atoms with van der Waals surface area (Å²) in [6.07, 6.45) is 0.650. The SMILES string of the molecule is Cc1nc2cc(C(=O)NCCc3ccc(F)cc3)ccc2o1. The van der Waals surface area contributed by atoms with Crippen LogP contribution in [0, 0.1) is 12.7 Å². The number of oxazole rings is 1. The number of aryl methyl sites for hydroxylation is 1. The fourth-order valence-electron chi connectivity index (χ4n) is 2.26. The van der Waals surface area contributed by atoms with Gasteiger partial charge in [-0.15, -0.1) is 0 Å². The van der Waals surface area contributed by atoms with Crippen molar-refractivity contribution < 1.29 is 13.6 Å². The Kier molecular flexibility index (Phi) is 3.87. The summed E-state index contributed by atoms with van der Waals surface area (Å²) in [6.45, 7) is 2.25. The van der Waals surface area contributed by atoms with Gasteiger partial charge in [0.15, 0.2) is 11.5 Å². The van der Waals surface area contributed by atoms with Crippen LogP contribution >= 0.6 is 0 Å². The largest absolute Gasteiger partial charge is 0.441 e. The Hall–Kier alpha value is -2.69. The molecule has 1 N–H and O–H groups in total. The van der Waals surface area contributed by atoms with Crippen LogP contribution in [0.3, 0.4) is 0 Å². The molecule has 0 saturated heterocycles. The lowest BCUT2D eigenvalue weighted by Crippen LogP contribution is -2.25. The van der Waals surface area contributed by atoms with Crippen molar-refractivity contribution >= 4 is 17.0 Å². The maximum absolute atomic E-state index is 12.8. The third kappa shape index (κ3) is 3.14. The van der Waals surface area contributed by atoms with Crippen LogP contribution in [0.1, 0.15) is 21.8 Å². The summed E-state index contributed by atoms with van der Waals surface area (Å²) in [5, 5.41) is 2.84. The highest BCUT2D eigenvalue weighted by Crippen LogP contribution is 2.16. The van der Waals surface area contributed by atoms with E-state index in [0.29, 0.717) is 35.5 Å². The average molecular weight is 298 g/mol. The van der Waals surface area contributed by atoms with Gasteiger partial charge in [-0.1, -0.05) is 12.1 Å². The lowest BCUT2D eigenvalue weighted by atomic mass is 10.1. The molecular formula is C17H15FN2O2. The first-order chi connectivity index (χ1) is 10.6. The number of fused-ring (bicyclic) bond motifs is 1. The predicted octanol–water partition coefficient (Wildman–Crippen LogP) is 3.25. The van der Waals surface area contributed by atoms with E-state index in [1.165, 1.54) is 12.1 Å². The van der Waals surface area contributed by atoms with Gasteiger partial charge in [-0.3, -0.25) is 4.79 Å². The highest BCUT2D eigenvalue weighted by atomic mass is 19.1. The number of aromatic nitrogens is 1. The quantitative estimate of drug-likeness (QED) is 0.804. The Balaban J connectivity index is 1.61. The van der Waals surface area contributed by atoms with Gasteiger partial charge in [-0.2, -0.15) is 0 Å². The first-order valence-electron chi connectivity index (χ1n) is 7.02. The van der Waals surface area contributed by atoms with Crippen LogP contribution in [-0.4, -0.2) is 17.4 Å². The molecule has 0 radical (unpaired) electrons. The van der Waals surface area contributed by atoms with E-state index in [1.807, 2.05) is 0 Å². The summed E-state index contributed by atoms with van der Waals surface area (Å²) in [4.78, 5) is 16.3. The van der Waals surface area contributed by atoms with E-state index < -0.39 is 0 Å². The Morgan fingerprint density at radius 1 is 1.23 bits per heavy atom. The molecule has 0 aliphatic carbocycles. The number of hydrogen-bond acceptors (Lipinski definition) is 3. The van der Waals surface area contributed by atoms with Gasteiger partial charge in [-0.25, -0.2) is 9.37 Å². The lowest BCUT2D eigenvalue weighted by molar-refractivity contribution is 0.0954. The standard InChI is InChI=1S/C17H15FN2O2/c1-11-20-15-10-13(4-7-16(15)22-11)17(21)19-9-8-12-2-5-14(18)6-3-12/h2-7,10H,8-9H2,1H3,(H,19,21). The van der Waals surface area contributed by atoms with Gasteiger partial charge in [0, 0.05) is 19.0 Å². The number of hydrogen-bond donors (Lipinski definition) is 1. The summed E-state index contributed by atoms with van der Waals surface area (Å²) >= 11 is 0. The molecule has 1 aromatic heterocycles. The molecule has 5 heteroatoms. The van der Waals surface area contributed by atoms with E-state index in [-0.39, 0.29) is 11.7 Å². The van der Waals surface area contributed by atoms with Crippen molar-refractivity contribution in [3.8, 4) is 0 Å². The zero-order valence-corrected chi connectivity index (χ0v) is 12.1. The maximum Gasteiger partial charge on any atom is 0.251 e. The molecule has 22 heavy (non-hydrogen) atoms. The molecule has 3 aromatic rings. The van der Waals surface area contributed by atoms with Crippen LogP contribution in [0.15, 0.2) is 46.9 Å². The van der Waals surface area contributed by atoms with Crippen molar-refractivity contribution in [2.75, 3.05) is 6.54 Å². The highest BCUT2D eigenvalue weighted by Gasteiger charge is 2.09. The fraction of sp³-hybridized carbons (Fsp3) is 0.176. The topological polar surface area (TPSA) is 55.1 Å². The highest BCUT2D eigenvalue weighted by molar-refractivity contribution is 5.97. The van der Waals surface area contributed by atoms with E-state index in [9.17, 15) is 9.18 Å². The van der Waals surface area contributed by atoms with Crippen LogP contribution in [0.2, 0.25) is 0 Å². The molecule has 0 atom stereocenters. The molecule has 0 spiro atoms. The normalized spacial score (nSPS) is 10.8. The molecule has 112 valence electrons. The van der Waals surface area contributed by atoms with Gasteiger partial charge in [0.25, 0.3) is 5.91 Å². The van der Waals surface area contributed by atoms with Crippen molar-refractivity contribution in [1.29, 1.82) is 0 Å². The first-order valence-corrected chi connectivity index (χ1v) is 7.02. The third-order valence-corrected chi connectivity index (χ3v) is 3.37. The van der Waals surface area contributed by atoms with Crippen LogP contribution < -0.4 is 5.32 Å². The third-order valence-electron chi connectivity index (χ3n) is 3.37. The van der Waals surface area contributed by atoms with Gasteiger partial charge < -0.3 is 9.73 Å². The molecule has 2 aromatic carbocycles. The number of halogens is 1. The number of benzene rings is 2. The van der Waals surface area contributed by atoms with Crippen molar-refractivity contribution in [3.63, 3.8) is 0 Å². The van der Waals surface area contributed by atoms with Crippen LogP contribution in [-0.2, 0) is 6.42 Å². The minimum absolute atomic E-state index is 0.162. The van der Waals surface area contributed by atoms with Crippen LogP contribution in [0.4, 0.5) is 4.39 Å². The molecule has 0 aliphatic heterocycles. The number of carbonyl (C=O) groups is 1. The van der Waals surface area contributed by atoms with Crippen molar-refractivity contribution in [2.24, 2.45) is 0 Å². The zero-order valence-electron chi connectivity index (χ0n) is 12.1. The van der Waals surface area contributed by atoms with E-state index in [1.54, 1.807) is 37.3 Å². The Bertz CT molecular complexity index is 809. The van der Waals surface area contributed by atoms with Crippen molar-refractivity contribution in [2.45, 2.75) is 13.3 Å². The molecule has 1 amide bonds. The van der Waals surface area contributed by atoms with E-state index >= 15 is 0 Å². The van der Waals surface area contributed by atoms with E-state index in [0.717, 1.165) is 5.56 Å². The van der Waals surface area contributed by atoms with Gasteiger partial charge in [0.05, 0.1) is 0 Å². The second kappa shape index (κ2) is 5.97. The second-order valence-electron chi connectivity index (χ2n) is 5.05. The minimum atomic E-state index is -0.260.